The van der Waals surface area contributed by atoms with Crippen LogP contribution in [0.3, 0.4) is 0 Å². The predicted molar refractivity (Wildman–Crippen MR) is 83.2 cm³/mol. The molecule has 0 atom stereocenters. The standard InChI is InChI=1S/C11H12IN5S/c1-11(2,3)17-10-8(9(13)14-6-15-10)7(16-17)4-5-18-12/h6H,1-3H3,(H2,13,14,15). The van der Waals surface area contributed by atoms with Crippen molar-refractivity contribution in [2.24, 2.45) is 0 Å². The van der Waals surface area contributed by atoms with E-state index in [-0.39, 0.29) is 5.54 Å². The van der Waals surface area contributed by atoms with Crippen molar-refractivity contribution in [1.29, 1.82) is 0 Å². The van der Waals surface area contributed by atoms with Crippen LogP contribution in [0, 0.1) is 11.2 Å². The smallest absolute Gasteiger partial charge is 0.165 e. The number of anilines is 1. The quantitative estimate of drug-likeness (QED) is 0.568. The average Bonchev–Trinajstić information content (AvgIpc) is 2.66. The number of hydrogen-bond donors (Lipinski definition) is 1. The van der Waals surface area contributed by atoms with Gasteiger partial charge in [0, 0.05) is 21.2 Å². The average molecular weight is 373 g/mol. The molecule has 0 amide bonds. The van der Waals surface area contributed by atoms with Crippen molar-refractivity contribution < 1.29 is 0 Å². The Morgan fingerprint density at radius 1 is 1.39 bits per heavy atom. The Morgan fingerprint density at radius 3 is 2.72 bits per heavy atom. The summed E-state index contributed by atoms with van der Waals surface area (Å²) in [7, 11) is 1.41. The van der Waals surface area contributed by atoms with E-state index in [2.05, 4.69) is 68.2 Å². The summed E-state index contributed by atoms with van der Waals surface area (Å²) in [5.41, 5.74) is 7.07. The zero-order chi connectivity index (χ0) is 13.3. The van der Waals surface area contributed by atoms with Gasteiger partial charge >= 0.3 is 0 Å². The molecule has 0 spiro atoms. The number of nitrogens with zero attached hydrogens (tertiary/aromatic N) is 4. The van der Waals surface area contributed by atoms with E-state index in [1.165, 1.54) is 15.3 Å². The SMILES string of the molecule is CC(C)(C)n1nc(C#CSI)c2c(N)ncnc21. The third kappa shape index (κ3) is 2.40. The van der Waals surface area contributed by atoms with Crippen LogP contribution < -0.4 is 5.73 Å². The molecule has 0 aromatic carbocycles. The van der Waals surface area contributed by atoms with Gasteiger partial charge in [-0.2, -0.15) is 5.10 Å². The first-order valence-corrected chi connectivity index (χ1v) is 8.59. The van der Waals surface area contributed by atoms with Crippen LogP contribution in [0.2, 0.25) is 0 Å². The summed E-state index contributed by atoms with van der Waals surface area (Å²) < 4.78 is 1.84. The molecule has 7 heteroatoms. The van der Waals surface area contributed by atoms with Crippen LogP contribution in [0.5, 0.6) is 0 Å². The molecule has 2 aromatic rings. The molecule has 0 unspecified atom stereocenters. The molecule has 18 heavy (non-hydrogen) atoms. The van der Waals surface area contributed by atoms with Gasteiger partial charge in [0.1, 0.15) is 17.8 Å². The highest BCUT2D eigenvalue weighted by molar-refractivity contribution is 14.2. The Labute approximate surface area is 122 Å². The van der Waals surface area contributed by atoms with E-state index in [0.717, 1.165) is 11.0 Å². The maximum atomic E-state index is 5.90. The summed E-state index contributed by atoms with van der Waals surface area (Å²) in [6.45, 7) is 6.17. The number of halogens is 1. The minimum atomic E-state index is -0.184. The van der Waals surface area contributed by atoms with Crippen LogP contribution >= 0.6 is 30.1 Å². The fourth-order valence-electron chi connectivity index (χ4n) is 1.60. The maximum Gasteiger partial charge on any atom is 0.165 e. The predicted octanol–water partition coefficient (Wildman–Crippen LogP) is 2.56. The largest absolute Gasteiger partial charge is 0.383 e. The van der Waals surface area contributed by atoms with Gasteiger partial charge in [-0.15, -0.1) is 0 Å². The lowest BCUT2D eigenvalue weighted by Crippen LogP contribution is -2.23. The minimum absolute atomic E-state index is 0.184. The van der Waals surface area contributed by atoms with E-state index in [9.17, 15) is 0 Å². The molecule has 0 bridgehead atoms. The molecule has 0 fully saturated rings. The van der Waals surface area contributed by atoms with Gasteiger partial charge in [0.15, 0.2) is 5.65 Å². The Balaban J connectivity index is 2.80. The van der Waals surface area contributed by atoms with Gasteiger partial charge in [-0.1, -0.05) is 0 Å². The third-order valence-corrected chi connectivity index (χ3v) is 3.18. The second-order valence-corrected chi connectivity index (χ2v) is 6.37. The van der Waals surface area contributed by atoms with E-state index >= 15 is 0 Å². The molecule has 0 aliphatic carbocycles. The fraction of sp³-hybridized carbons (Fsp3) is 0.364. The lowest BCUT2D eigenvalue weighted by molar-refractivity contribution is 0.365. The van der Waals surface area contributed by atoms with E-state index in [1.807, 2.05) is 4.68 Å². The number of nitrogens with two attached hydrogens (primary N) is 1. The van der Waals surface area contributed by atoms with Gasteiger partial charge in [0.25, 0.3) is 0 Å². The molecule has 0 aliphatic heterocycles. The Kier molecular flexibility index (Phi) is 3.68. The molecule has 2 aromatic heterocycles. The van der Waals surface area contributed by atoms with Gasteiger partial charge in [-0.25, -0.2) is 14.6 Å². The van der Waals surface area contributed by atoms with Crippen LogP contribution in [0.1, 0.15) is 26.5 Å². The Morgan fingerprint density at radius 2 is 2.11 bits per heavy atom. The molecular weight excluding hydrogens is 361 g/mol. The lowest BCUT2D eigenvalue weighted by Gasteiger charge is -2.19. The third-order valence-electron chi connectivity index (χ3n) is 2.34. The van der Waals surface area contributed by atoms with Gasteiger partial charge in [-0.3, -0.25) is 0 Å². The molecular formula is C11H12IN5S. The maximum absolute atomic E-state index is 5.90. The van der Waals surface area contributed by atoms with Crippen molar-refractivity contribution in [1.82, 2.24) is 19.7 Å². The second-order valence-electron chi connectivity index (χ2n) is 4.69. The highest BCUT2D eigenvalue weighted by atomic mass is 127. The van der Waals surface area contributed by atoms with Gasteiger partial charge in [-0.05, 0) is 40.9 Å². The highest BCUT2D eigenvalue weighted by Crippen LogP contribution is 2.25. The highest BCUT2D eigenvalue weighted by Gasteiger charge is 2.22. The first-order valence-electron chi connectivity index (χ1n) is 5.23. The second kappa shape index (κ2) is 4.93. The van der Waals surface area contributed by atoms with Gasteiger partial charge in [0.05, 0.1) is 10.9 Å². The van der Waals surface area contributed by atoms with Crippen molar-refractivity contribution >= 4 is 47.0 Å². The number of rotatable bonds is 0. The fourth-order valence-corrected chi connectivity index (χ4v) is 2.06. The summed E-state index contributed by atoms with van der Waals surface area (Å²) in [6, 6.07) is 0. The minimum Gasteiger partial charge on any atom is -0.383 e. The van der Waals surface area contributed by atoms with Crippen LogP contribution in [0.25, 0.3) is 11.0 Å². The monoisotopic (exact) mass is 373 g/mol. The molecule has 2 heterocycles. The van der Waals surface area contributed by atoms with E-state index in [1.54, 1.807) is 0 Å². The zero-order valence-electron chi connectivity index (χ0n) is 10.2. The summed E-state index contributed by atoms with van der Waals surface area (Å²) in [5.74, 6) is 3.40. The zero-order valence-corrected chi connectivity index (χ0v) is 13.2. The molecule has 0 saturated heterocycles. The van der Waals surface area contributed by atoms with Gasteiger partial charge < -0.3 is 5.73 Å². The van der Waals surface area contributed by atoms with Crippen LogP contribution in [0.15, 0.2) is 6.33 Å². The number of nitrogen functional groups attached to an aromatic ring is 1. The Bertz CT molecular complexity index is 647. The molecule has 0 saturated carbocycles. The summed E-state index contributed by atoms with van der Waals surface area (Å²) in [5, 5.41) is 8.15. The molecule has 0 aliphatic rings. The summed E-state index contributed by atoms with van der Waals surface area (Å²) in [6.07, 6.45) is 1.45. The molecule has 5 nitrogen and oxygen atoms in total. The van der Waals surface area contributed by atoms with E-state index in [4.69, 9.17) is 5.73 Å². The lowest BCUT2D eigenvalue weighted by atomic mass is 10.1. The number of fused-ring (bicyclic) bond motifs is 1. The topological polar surface area (TPSA) is 69.6 Å². The first-order chi connectivity index (χ1) is 8.45. The van der Waals surface area contributed by atoms with Crippen LogP contribution in [-0.2, 0) is 5.54 Å². The number of aromatic nitrogens is 4. The van der Waals surface area contributed by atoms with Crippen molar-refractivity contribution in [2.45, 2.75) is 26.3 Å². The normalized spacial score (nSPS) is 11.3. The van der Waals surface area contributed by atoms with Crippen molar-refractivity contribution in [3.63, 3.8) is 0 Å². The van der Waals surface area contributed by atoms with E-state index < -0.39 is 0 Å². The molecule has 0 radical (unpaired) electrons. The first kappa shape index (κ1) is 13.4. The Hall–Kier alpha value is -1.01. The molecule has 2 rings (SSSR count). The summed E-state index contributed by atoms with van der Waals surface area (Å²) >= 11 is 2.12. The molecule has 94 valence electrons. The molecule has 2 N–H and O–H groups in total. The number of hydrogen-bond acceptors (Lipinski definition) is 5. The van der Waals surface area contributed by atoms with Crippen LogP contribution in [0.4, 0.5) is 5.82 Å². The van der Waals surface area contributed by atoms with E-state index in [0.29, 0.717) is 11.5 Å². The van der Waals surface area contributed by atoms with Crippen molar-refractivity contribution in [2.75, 3.05) is 5.73 Å². The summed E-state index contributed by atoms with van der Waals surface area (Å²) in [4.78, 5) is 8.28. The van der Waals surface area contributed by atoms with Crippen LogP contribution in [-0.4, -0.2) is 19.7 Å². The van der Waals surface area contributed by atoms with Crippen molar-refractivity contribution in [3.05, 3.63) is 12.0 Å². The van der Waals surface area contributed by atoms with Gasteiger partial charge in [0.2, 0.25) is 0 Å². The van der Waals surface area contributed by atoms with Crippen molar-refractivity contribution in [3.8, 4) is 11.2 Å².